The molecule has 6 nitrogen and oxygen atoms in total. The summed E-state index contributed by atoms with van der Waals surface area (Å²) in [6.45, 7) is -0.343. The molecular formula is C6H12N2O4S. The maximum absolute atomic E-state index is 10.7. The topological polar surface area (TPSA) is 113 Å². The van der Waals surface area contributed by atoms with Gasteiger partial charge in [0.2, 0.25) is 5.91 Å². The van der Waals surface area contributed by atoms with Crippen LogP contribution in [0.25, 0.3) is 0 Å². The van der Waals surface area contributed by atoms with E-state index >= 15 is 0 Å². The van der Waals surface area contributed by atoms with Crippen LogP contribution in [0, 0.1) is 0 Å². The lowest BCUT2D eigenvalue weighted by Crippen LogP contribution is -2.36. The normalized spacial score (nSPS) is 12.2. The lowest BCUT2D eigenvalue weighted by Gasteiger charge is -2.05. The third-order valence-corrected chi connectivity index (χ3v) is 2.10. The fraction of sp³-hybridized carbons (Fsp3) is 0.667. The molecule has 76 valence electrons. The Morgan fingerprint density at radius 3 is 2.62 bits per heavy atom. The molecular weight excluding hydrogens is 196 g/mol. The third-order valence-electron chi connectivity index (χ3n) is 1.02. The van der Waals surface area contributed by atoms with E-state index in [0.717, 1.165) is 11.8 Å². The summed E-state index contributed by atoms with van der Waals surface area (Å²) >= 11 is 1.11. The number of amides is 3. The molecule has 3 amide bonds. The van der Waals surface area contributed by atoms with Crippen molar-refractivity contribution in [2.45, 2.75) is 6.10 Å². The quantitative estimate of drug-likeness (QED) is 0.429. The van der Waals surface area contributed by atoms with Crippen LogP contribution in [0.2, 0.25) is 0 Å². The van der Waals surface area contributed by atoms with E-state index in [4.69, 9.17) is 10.2 Å². The van der Waals surface area contributed by atoms with Crippen LogP contribution in [-0.2, 0) is 4.79 Å². The SMILES string of the molecule is NC(=O)NC(=O)CSCC(O)CO. The van der Waals surface area contributed by atoms with Gasteiger partial charge in [0.1, 0.15) is 0 Å². The number of nitrogens with one attached hydrogen (secondary N) is 1. The monoisotopic (exact) mass is 208 g/mol. The van der Waals surface area contributed by atoms with Crippen LogP contribution in [-0.4, -0.2) is 46.4 Å². The van der Waals surface area contributed by atoms with Crippen molar-refractivity contribution in [3.63, 3.8) is 0 Å². The smallest absolute Gasteiger partial charge is 0.318 e. The fourth-order valence-corrected chi connectivity index (χ4v) is 1.27. The van der Waals surface area contributed by atoms with Gasteiger partial charge >= 0.3 is 6.03 Å². The molecule has 1 unspecified atom stereocenters. The standard InChI is InChI=1S/C6H12N2O4S/c7-6(12)8-5(11)3-13-2-4(10)1-9/h4,9-10H,1-3H2,(H3,7,8,11,12). The number of aliphatic hydroxyl groups is 2. The van der Waals surface area contributed by atoms with Crippen molar-refractivity contribution in [2.24, 2.45) is 5.73 Å². The Labute approximate surface area is 79.5 Å². The number of thioether (sulfide) groups is 1. The Kier molecular flexibility index (Phi) is 6.29. The molecule has 0 bridgehead atoms. The van der Waals surface area contributed by atoms with Gasteiger partial charge in [-0.3, -0.25) is 10.1 Å². The van der Waals surface area contributed by atoms with E-state index in [2.05, 4.69) is 5.73 Å². The minimum absolute atomic E-state index is 0.0278. The number of nitrogens with two attached hydrogens (primary N) is 1. The van der Waals surface area contributed by atoms with E-state index < -0.39 is 18.0 Å². The average molecular weight is 208 g/mol. The molecule has 13 heavy (non-hydrogen) atoms. The predicted molar refractivity (Wildman–Crippen MR) is 48.1 cm³/mol. The minimum atomic E-state index is -0.895. The molecule has 0 spiro atoms. The molecule has 0 heterocycles. The molecule has 0 radical (unpaired) electrons. The van der Waals surface area contributed by atoms with Crippen LogP contribution in [0.1, 0.15) is 0 Å². The second kappa shape index (κ2) is 6.70. The Morgan fingerprint density at radius 1 is 1.54 bits per heavy atom. The van der Waals surface area contributed by atoms with E-state index in [1.165, 1.54) is 0 Å². The van der Waals surface area contributed by atoms with Crippen LogP contribution < -0.4 is 11.1 Å². The van der Waals surface area contributed by atoms with Crippen molar-refractivity contribution in [3.8, 4) is 0 Å². The van der Waals surface area contributed by atoms with E-state index in [0.29, 0.717) is 0 Å². The molecule has 0 aromatic rings. The second-order valence-electron chi connectivity index (χ2n) is 2.26. The maximum Gasteiger partial charge on any atom is 0.318 e. The molecule has 0 aromatic heterocycles. The van der Waals surface area contributed by atoms with Crippen molar-refractivity contribution >= 4 is 23.7 Å². The number of carbonyl (C=O) groups excluding carboxylic acids is 2. The van der Waals surface area contributed by atoms with E-state index in [9.17, 15) is 9.59 Å². The first-order chi connectivity index (χ1) is 6.06. The Balaban J connectivity index is 3.42. The van der Waals surface area contributed by atoms with Crippen molar-refractivity contribution in [3.05, 3.63) is 0 Å². The highest BCUT2D eigenvalue weighted by Gasteiger charge is 2.06. The molecule has 1 atom stereocenters. The summed E-state index contributed by atoms with van der Waals surface area (Å²) in [5.74, 6) is -0.245. The highest BCUT2D eigenvalue weighted by molar-refractivity contribution is 7.99. The van der Waals surface area contributed by atoms with Gasteiger partial charge in [-0.15, -0.1) is 11.8 Å². The van der Waals surface area contributed by atoms with Crippen LogP contribution in [0.5, 0.6) is 0 Å². The molecule has 0 rings (SSSR count). The number of hydrogen-bond acceptors (Lipinski definition) is 5. The summed E-state index contributed by atoms with van der Waals surface area (Å²) in [6, 6.07) is -0.895. The zero-order valence-corrected chi connectivity index (χ0v) is 7.71. The van der Waals surface area contributed by atoms with Gasteiger partial charge in [-0.25, -0.2) is 4.79 Å². The van der Waals surface area contributed by atoms with Crippen LogP contribution >= 0.6 is 11.8 Å². The molecule has 0 saturated heterocycles. The molecule has 0 aromatic carbocycles. The maximum atomic E-state index is 10.7. The molecule has 0 aliphatic carbocycles. The van der Waals surface area contributed by atoms with Gasteiger partial charge in [-0.05, 0) is 0 Å². The summed E-state index contributed by atoms with van der Waals surface area (Å²) in [6.07, 6.45) is -0.841. The van der Waals surface area contributed by atoms with E-state index in [1.807, 2.05) is 5.32 Å². The zero-order valence-electron chi connectivity index (χ0n) is 6.90. The number of hydrogen-bond donors (Lipinski definition) is 4. The first-order valence-electron chi connectivity index (χ1n) is 3.52. The third kappa shape index (κ3) is 7.57. The Hall–Kier alpha value is -0.790. The summed E-state index contributed by atoms with van der Waals surface area (Å²) in [4.78, 5) is 20.9. The van der Waals surface area contributed by atoms with Crippen molar-refractivity contribution in [1.82, 2.24) is 5.32 Å². The largest absolute Gasteiger partial charge is 0.394 e. The Bertz CT molecular complexity index is 187. The van der Waals surface area contributed by atoms with E-state index in [1.54, 1.807) is 0 Å². The first kappa shape index (κ1) is 12.2. The minimum Gasteiger partial charge on any atom is -0.394 e. The molecule has 0 aliphatic rings. The van der Waals surface area contributed by atoms with Gasteiger partial charge in [0.15, 0.2) is 0 Å². The highest BCUT2D eigenvalue weighted by Crippen LogP contribution is 2.01. The molecule has 7 heteroatoms. The molecule has 0 saturated carbocycles. The van der Waals surface area contributed by atoms with Crippen LogP contribution in [0.15, 0.2) is 0 Å². The van der Waals surface area contributed by atoms with Crippen molar-refractivity contribution < 1.29 is 19.8 Å². The lowest BCUT2D eigenvalue weighted by atomic mass is 10.4. The summed E-state index contributed by atoms with van der Waals surface area (Å²) in [5.41, 5.74) is 4.68. The molecule has 0 aliphatic heterocycles. The number of primary amides is 1. The lowest BCUT2D eigenvalue weighted by molar-refractivity contribution is -0.117. The Morgan fingerprint density at radius 2 is 2.15 bits per heavy atom. The fourth-order valence-electron chi connectivity index (χ4n) is 0.514. The average Bonchev–Trinajstić information content (AvgIpc) is 2.02. The number of imide groups is 1. The highest BCUT2D eigenvalue weighted by atomic mass is 32.2. The second-order valence-corrected chi connectivity index (χ2v) is 3.29. The van der Waals surface area contributed by atoms with Crippen molar-refractivity contribution in [1.29, 1.82) is 0 Å². The number of aliphatic hydroxyl groups excluding tert-OH is 2. The molecule has 0 fully saturated rings. The van der Waals surface area contributed by atoms with Gasteiger partial charge in [0.25, 0.3) is 0 Å². The predicted octanol–water partition coefficient (Wildman–Crippen LogP) is -1.73. The first-order valence-corrected chi connectivity index (χ1v) is 4.67. The van der Waals surface area contributed by atoms with E-state index in [-0.39, 0.29) is 18.1 Å². The number of carbonyl (C=O) groups is 2. The summed E-state index contributed by atoms with van der Waals surface area (Å²) in [7, 11) is 0. The van der Waals surface area contributed by atoms with Crippen LogP contribution in [0.3, 0.4) is 0 Å². The number of rotatable bonds is 5. The van der Waals surface area contributed by atoms with Gasteiger partial charge in [-0.1, -0.05) is 0 Å². The summed E-state index contributed by atoms with van der Waals surface area (Å²) in [5, 5.41) is 19.1. The van der Waals surface area contributed by atoms with Crippen molar-refractivity contribution in [2.75, 3.05) is 18.1 Å². The summed E-state index contributed by atoms with van der Waals surface area (Å²) < 4.78 is 0. The van der Waals surface area contributed by atoms with Crippen LogP contribution in [0.4, 0.5) is 4.79 Å². The molecule has 5 N–H and O–H groups in total. The zero-order chi connectivity index (χ0) is 10.3. The van der Waals surface area contributed by atoms with Gasteiger partial charge in [-0.2, -0.15) is 0 Å². The van der Waals surface area contributed by atoms with Gasteiger partial charge < -0.3 is 15.9 Å². The van der Waals surface area contributed by atoms with Gasteiger partial charge in [0, 0.05) is 5.75 Å². The van der Waals surface area contributed by atoms with Gasteiger partial charge in [0.05, 0.1) is 18.5 Å². The number of urea groups is 1.